The molecule has 0 radical (unpaired) electrons. The molecule has 0 fully saturated rings. The van der Waals surface area contributed by atoms with Crippen molar-refractivity contribution in [3.8, 4) is 0 Å². The lowest BCUT2D eigenvalue weighted by Gasteiger charge is -2.19. The van der Waals surface area contributed by atoms with E-state index in [0.717, 1.165) is 35.8 Å². The molecule has 0 saturated carbocycles. The van der Waals surface area contributed by atoms with Gasteiger partial charge in [0.1, 0.15) is 0 Å². The SMILES string of the molecule is COCCCN(C)c1ccc(CN)c(Cl)c1. The van der Waals surface area contributed by atoms with Crippen molar-refractivity contribution in [1.82, 2.24) is 0 Å². The lowest BCUT2D eigenvalue weighted by Crippen LogP contribution is -2.19. The molecule has 4 heteroatoms. The van der Waals surface area contributed by atoms with Crippen LogP contribution in [0, 0.1) is 0 Å². The summed E-state index contributed by atoms with van der Waals surface area (Å²) in [5, 5.41) is 0.735. The molecule has 0 aliphatic heterocycles. The molecule has 1 aromatic carbocycles. The predicted octanol–water partition coefficient (Wildman–Crippen LogP) is 2.27. The monoisotopic (exact) mass is 242 g/mol. The van der Waals surface area contributed by atoms with E-state index in [2.05, 4.69) is 4.90 Å². The van der Waals surface area contributed by atoms with Gasteiger partial charge in [0.2, 0.25) is 0 Å². The van der Waals surface area contributed by atoms with Gasteiger partial charge in [0.05, 0.1) is 0 Å². The van der Waals surface area contributed by atoms with Crippen molar-refractivity contribution in [3.63, 3.8) is 0 Å². The van der Waals surface area contributed by atoms with Gasteiger partial charge in [-0.1, -0.05) is 17.7 Å². The van der Waals surface area contributed by atoms with E-state index < -0.39 is 0 Å². The fourth-order valence-corrected chi connectivity index (χ4v) is 1.77. The molecule has 0 saturated heterocycles. The number of nitrogens with zero attached hydrogens (tertiary/aromatic N) is 1. The molecule has 0 bridgehead atoms. The number of ether oxygens (including phenoxy) is 1. The average molecular weight is 243 g/mol. The van der Waals surface area contributed by atoms with Gasteiger partial charge in [-0.15, -0.1) is 0 Å². The summed E-state index contributed by atoms with van der Waals surface area (Å²) in [6.07, 6.45) is 1.00. The largest absolute Gasteiger partial charge is 0.385 e. The van der Waals surface area contributed by atoms with Gasteiger partial charge in [0.15, 0.2) is 0 Å². The van der Waals surface area contributed by atoms with Gasteiger partial charge in [0, 0.05) is 44.6 Å². The Balaban J connectivity index is 2.62. The number of hydrogen-bond donors (Lipinski definition) is 1. The molecule has 0 amide bonds. The van der Waals surface area contributed by atoms with Crippen molar-refractivity contribution in [3.05, 3.63) is 28.8 Å². The second kappa shape index (κ2) is 6.74. The molecule has 0 unspecified atom stereocenters. The van der Waals surface area contributed by atoms with Crippen molar-refractivity contribution in [2.24, 2.45) is 5.73 Å². The quantitative estimate of drug-likeness (QED) is 0.778. The summed E-state index contributed by atoms with van der Waals surface area (Å²) in [5.74, 6) is 0. The van der Waals surface area contributed by atoms with Crippen LogP contribution in [0.1, 0.15) is 12.0 Å². The number of nitrogens with two attached hydrogens (primary N) is 1. The maximum absolute atomic E-state index is 6.10. The molecule has 1 rings (SSSR count). The van der Waals surface area contributed by atoms with E-state index in [4.69, 9.17) is 22.1 Å². The molecular formula is C12H19ClN2O. The van der Waals surface area contributed by atoms with Gasteiger partial charge in [-0.2, -0.15) is 0 Å². The molecule has 3 nitrogen and oxygen atoms in total. The second-order valence-electron chi connectivity index (χ2n) is 3.75. The van der Waals surface area contributed by atoms with Crippen LogP contribution in [0.3, 0.4) is 0 Å². The highest BCUT2D eigenvalue weighted by atomic mass is 35.5. The Kier molecular flexibility index (Phi) is 5.60. The summed E-state index contributed by atoms with van der Waals surface area (Å²) >= 11 is 6.10. The summed E-state index contributed by atoms with van der Waals surface area (Å²) in [6.45, 7) is 2.21. The van der Waals surface area contributed by atoms with E-state index in [1.54, 1.807) is 7.11 Å². The van der Waals surface area contributed by atoms with Crippen LogP contribution in [0.25, 0.3) is 0 Å². The van der Waals surface area contributed by atoms with Crippen molar-refractivity contribution >= 4 is 17.3 Å². The third-order valence-corrected chi connectivity index (χ3v) is 2.89. The molecule has 16 heavy (non-hydrogen) atoms. The normalized spacial score (nSPS) is 10.5. The standard InChI is InChI=1S/C12H19ClN2O/c1-15(6-3-7-16-2)11-5-4-10(9-14)12(13)8-11/h4-5,8H,3,6-7,9,14H2,1-2H3. The Morgan fingerprint density at radius 2 is 2.19 bits per heavy atom. The Bertz CT molecular complexity index is 331. The first-order valence-electron chi connectivity index (χ1n) is 5.37. The average Bonchev–Trinajstić information content (AvgIpc) is 2.29. The molecular weight excluding hydrogens is 224 g/mol. The number of anilines is 1. The van der Waals surface area contributed by atoms with Crippen LogP contribution in [0.15, 0.2) is 18.2 Å². The molecule has 0 atom stereocenters. The number of hydrogen-bond acceptors (Lipinski definition) is 3. The van der Waals surface area contributed by atoms with Crippen molar-refractivity contribution in [2.45, 2.75) is 13.0 Å². The Morgan fingerprint density at radius 1 is 1.44 bits per heavy atom. The third-order valence-electron chi connectivity index (χ3n) is 2.54. The Hall–Kier alpha value is -0.770. The lowest BCUT2D eigenvalue weighted by atomic mass is 10.2. The van der Waals surface area contributed by atoms with Crippen molar-refractivity contribution in [1.29, 1.82) is 0 Å². The molecule has 0 heterocycles. The molecule has 0 spiro atoms. The first-order valence-corrected chi connectivity index (χ1v) is 5.75. The highest BCUT2D eigenvalue weighted by Crippen LogP contribution is 2.22. The Morgan fingerprint density at radius 3 is 2.75 bits per heavy atom. The van der Waals surface area contributed by atoms with Gasteiger partial charge in [-0.25, -0.2) is 0 Å². The van der Waals surface area contributed by atoms with E-state index in [-0.39, 0.29) is 0 Å². The van der Waals surface area contributed by atoms with E-state index >= 15 is 0 Å². The van der Waals surface area contributed by atoms with Gasteiger partial charge in [0.25, 0.3) is 0 Å². The highest BCUT2D eigenvalue weighted by molar-refractivity contribution is 6.31. The van der Waals surface area contributed by atoms with Gasteiger partial charge in [-0.05, 0) is 24.1 Å². The molecule has 1 aromatic rings. The first kappa shape index (κ1) is 13.3. The van der Waals surface area contributed by atoms with Crippen molar-refractivity contribution in [2.75, 3.05) is 32.2 Å². The fraction of sp³-hybridized carbons (Fsp3) is 0.500. The third kappa shape index (κ3) is 3.67. The van der Waals surface area contributed by atoms with Crippen LogP contribution in [0.4, 0.5) is 5.69 Å². The minimum atomic E-state index is 0.479. The van der Waals surface area contributed by atoms with Gasteiger partial charge in [-0.3, -0.25) is 0 Å². The smallest absolute Gasteiger partial charge is 0.0479 e. The molecule has 0 aliphatic carbocycles. The minimum Gasteiger partial charge on any atom is -0.385 e. The summed E-state index contributed by atoms with van der Waals surface area (Å²) < 4.78 is 5.02. The number of rotatable bonds is 6. The zero-order valence-corrected chi connectivity index (χ0v) is 10.6. The first-order chi connectivity index (χ1) is 7.69. The zero-order valence-electron chi connectivity index (χ0n) is 9.87. The zero-order chi connectivity index (χ0) is 12.0. The predicted molar refractivity (Wildman–Crippen MR) is 69.1 cm³/mol. The maximum Gasteiger partial charge on any atom is 0.0479 e. The molecule has 0 aromatic heterocycles. The summed E-state index contributed by atoms with van der Waals surface area (Å²) in [5.41, 5.74) is 7.65. The van der Waals surface area contributed by atoms with E-state index in [9.17, 15) is 0 Å². The van der Waals surface area contributed by atoms with E-state index in [1.165, 1.54) is 0 Å². The second-order valence-corrected chi connectivity index (χ2v) is 4.15. The number of methoxy groups -OCH3 is 1. The van der Waals surface area contributed by atoms with Gasteiger partial charge < -0.3 is 15.4 Å². The van der Waals surface area contributed by atoms with E-state index in [0.29, 0.717) is 6.54 Å². The summed E-state index contributed by atoms with van der Waals surface area (Å²) in [7, 11) is 3.76. The van der Waals surface area contributed by atoms with E-state index in [1.807, 2.05) is 25.2 Å². The van der Waals surface area contributed by atoms with Crippen molar-refractivity contribution < 1.29 is 4.74 Å². The van der Waals surface area contributed by atoms with Crippen LogP contribution in [0.2, 0.25) is 5.02 Å². The minimum absolute atomic E-state index is 0.479. The van der Waals surface area contributed by atoms with Crippen LogP contribution in [0.5, 0.6) is 0 Å². The van der Waals surface area contributed by atoms with Gasteiger partial charge >= 0.3 is 0 Å². The summed E-state index contributed by atoms with van der Waals surface area (Å²) in [6, 6.07) is 5.97. The number of halogens is 1. The highest BCUT2D eigenvalue weighted by Gasteiger charge is 2.04. The Labute approximate surface area is 102 Å². The van der Waals surface area contributed by atoms with Crippen LogP contribution < -0.4 is 10.6 Å². The molecule has 2 N–H and O–H groups in total. The maximum atomic E-state index is 6.10. The fourth-order valence-electron chi connectivity index (χ4n) is 1.51. The van der Waals surface area contributed by atoms with Crippen LogP contribution in [-0.2, 0) is 11.3 Å². The van der Waals surface area contributed by atoms with Crippen LogP contribution >= 0.6 is 11.6 Å². The van der Waals surface area contributed by atoms with Crippen LogP contribution in [-0.4, -0.2) is 27.3 Å². The topological polar surface area (TPSA) is 38.5 Å². The lowest BCUT2D eigenvalue weighted by molar-refractivity contribution is 0.196. The molecule has 90 valence electrons. The number of benzene rings is 1. The molecule has 0 aliphatic rings. The summed E-state index contributed by atoms with van der Waals surface area (Å²) in [4.78, 5) is 2.16.